The summed E-state index contributed by atoms with van der Waals surface area (Å²) >= 11 is 0. The monoisotopic (exact) mass is 528 g/mol. The smallest absolute Gasteiger partial charge is 0.304 e. The number of carbonyl (C=O) groups excluding carboxylic acids is 1. The second-order valence-corrected chi connectivity index (χ2v) is 12.1. The highest BCUT2D eigenvalue weighted by Gasteiger charge is 2.31. The third-order valence-corrected chi connectivity index (χ3v) is 9.25. The lowest BCUT2D eigenvalue weighted by Crippen LogP contribution is -2.44. The molecule has 13 heteroatoms. The third-order valence-electron chi connectivity index (χ3n) is 5.53. The van der Waals surface area contributed by atoms with Crippen molar-refractivity contribution in [1.82, 2.24) is 8.61 Å². The topological polar surface area (TPSA) is 116 Å². The van der Waals surface area contributed by atoms with Gasteiger partial charge in [0.25, 0.3) is 0 Å². The highest BCUT2D eigenvalue weighted by molar-refractivity contribution is 7.90. The van der Waals surface area contributed by atoms with Crippen molar-refractivity contribution in [3.05, 3.63) is 48.3 Å². The van der Waals surface area contributed by atoms with Gasteiger partial charge in [-0.25, -0.2) is 17.1 Å². The third kappa shape index (κ3) is 5.92. The molecule has 2 aromatic rings. The molecular formula is C22H29FN4O6S2. The fraction of sp³-hybridized carbons (Fsp3) is 0.409. The van der Waals surface area contributed by atoms with E-state index in [1.807, 2.05) is 0 Å². The van der Waals surface area contributed by atoms with Crippen molar-refractivity contribution in [3.63, 3.8) is 0 Å². The second kappa shape index (κ2) is 10.9. The highest BCUT2D eigenvalue weighted by Crippen LogP contribution is 2.31. The number of nitrogens with zero attached hydrogens (tertiary/aromatic N) is 3. The molecule has 1 heterocycles. The SMILES string of the molecule is COc1ccc(NC(=O)CN(c2ccccc2F)S(=O)(=O)N(C)C)cc1S(=O)(=O)N1CCCCC1. The van der Waals surface area contributed by atoms with Crippen molar-refractivity contribution in [3.8, 4) is 5.75 Å². The number of amides is 1. The van der Waals surface area contributed by atoms with Crippen LogP contribution in [0.15, 0.2) is 47.4 Å². The summed E-state index contributed by atoms with van der Waals surface area (Å²) in [6.45, 7) is 0.0474. The zero-order chi connectivity index (χ0) is 25.8. The van der Waals surface area contributed by atoms with Crippen LogP contribution in [-0.2, 0) is 25.0 Å². The lowest BCUT2D eigenvalue weighted by molar-refractivity contribution is -0.114. The molecule has 2 aromatic carbocycles. The number of anilines is 2. The van der Waals surface area contributed by atoms with Gasteiger partial charge in [-0.3, -0.25) is 4.79 Å². The first-order valence-electron chi connectivity index (χ1n) is 10.9. The van der Waals surface area contributed by atoms with Crippen molar-refractivity contribution in [2.24, 2.45) is 0 Å². The maximum Gasteiger partial charge on any atom is 0.304 e. The summed E-state index contributed by atoms with van der Waals surface area (Å²) in [5, 5.41) is 2.51. The molecule has 0 bridgehead atoms. The minimum absolute atomic E-state index is 0.105. The van der Waals surface area contributed by atoms with Crippen molar-refractivity contribution < 1.29 is 30.8 Å². The molecule has 192 valence electrons. The van der Waals surface area contributed by atoms with E-state index in [-0.39, 0.29) is 22.0 Å². The van der Waals surface area contributed by atoms with Gasteiger partial charge in [-0.15, -0.1) is 0 Å². The molecule has 0 atom stereocenters. The zero-order valence-electron chi connectivity index (χ0n) is 19.8. The normalized spacial score (nSPS) is 15.1. The summed E-state index contributed by atoms with van der Waals surface area (Å²) in [6.07, 6.45) is 2.46. The zero-order valence-corrected chi connectivity index (χ0v) is 21.4. The van der Waals surface area contributed by atoms with E-state index in [1.54, 1.807) is 0 Å². The Balaban J connectivity index is 1.90. The Bertz CT molecular complexity index is 1280. The number of piperidine rings is 1. The molecule has 0 saturated carbocycles. The first-order valence-corrected chi connectivity index (χ1v) is 13.7. The van der Waals surface area contributed by atoms with Crippen LogP contribution in [0, 0.1) is 5.82 Å². The molecule has 1 aliphatic heterocycles. The van der Waals surface area contributed by atoms with Crippen LogP contribution < -0.4 is 14.4 Å². The number of hydrogen-bond donors (Lipinski definition) is 1. The second-order valence-electron chi connectivity index (χ2n) is 8.13. The van der Waals surface area contributed by atoms with E-state index in [0.29, 0.717) is 17.4 Å². The Labute approximate surface area is 205 Å². The maximum atomic E-state index is 14.4. The van der Waals surface area contributed by atoms with Gasteiger partial charge in [-0.2, -0.15) is 17.0 Å². The van der Waals surface area contributed by atoms with Gasteiger partial charge in [-0.1, -0.05) is 18.6 Å². The van der Waals surface area contributed by atoms with Gasteiger partial charge >= 0.3 is 10.2 Å². The van der Waals surface area contributed by atoms with Crippen LogP contribution in [0.3, 0.4) is 0 Å². The van der Waals surface area contributed by atoms with Gasteiger partial charge < -0.3 is 10.1 Å². The fourth-order valence-electron chi connectivity index (χ4n) is 3.67. The number of para-hydroxylation sites is 1. The maximum absolute atomic E-state index is 14.4. The molecule has 0 spiro atoms. The number of sulfonamides is 1. The van der Waals surface area contributed by atoms with Crippen molar-refractivity contribution in [2.45, 2.75) is 24.2 Å². The molecule has 10 nitrogen and oxygen atoms in total. The van der Waals surface area contributed by atoms with E-state index in [4.69, 9.17) is 4.74 Å². The summed E-state index contributed by atoms with van der Waals surface area (Å²) in [5.41, 5.74) is -0.165. The Morgan fingerprint density at radius 2 is 1.71 bits per heavy atom. The molecular weight excluding hydrogens is 499 g/mol. The van der Waals surface area contributed by atoms with E-state index in [9.17, 15) is 26.0 Å². The Kier molecular flexibility index (Phi) is 8.36. The standard InChI is InChI=1S/C22H29FN4O6S2/c1-25(2)35(31,32)27(19-10-6-5-9-18(19)23)16-22(28)24-17-11-12-20(33-3)21(15-17)34(29,30)26-13-7-4-8-14-26/h5-6,9-12,15H,4,7-8,13-14,16H2,1-3H3,(H,24,28). The van der Waals surface area contributed by atoms with Gasteiger partial charge in [0, 0.05) is 32.9 Å². The first-order chi connectivity index (χ1) is 16.5. The van der Waals surface area contributed by atoms with Crippen LogP contribution in [0.5, 0.6) is 5.75 Å². The lowest BCUT2D eigenvalue weighted by atomic mass is 10.2. The van der Waals surface area contributed by atoms with Crippen LogP contribution in [0.2, 0.25) is 0 Å². The quantitative estimate of drug-likeness (QED) is 0.534. The van der Waals surface area contributed by atoms with Gasteiger partial charge in [-0.05, 0) is 43.2 Å². The summed E-state index contributed by atoms with van der Waals surface area (Å²) in [5.74, 6) is -1.48. The molecule has 35 heavy (non-hydrogen) atoms. The molecule has 1 saturated heterocycles. The fourth-order valence-corrected chi connectivity index (χ4v) is 6.44. The minimum Gasteiger partial charge on any atom is -0.495 e. The number of ether oxygens (including phenoxy) is 1. The van der Waals surface area contributed by atoms with Gasteiger partial charge in [0.15, 0.2) is 0 Å². The largest absolute Gasteiger partial charge is 0.495 e. The molecule has 1 fully saturated rings. The average Bonchev–Trinajstić information content (AvgIpc) is 2.83. The van der Waals surface area contributed by atoms with E-state index in [0.717, 1.165) is 29.6 Å². The van der Waals surface area contributed by atoms with Crippen LogP contribution >= 0.6 is 0 Å². The summed E-state index contributed by atoms with van der Waals surface area (Å²) in [7, 11) is -4.21. The van der Waals surface area contributed by atoms with Crippen molar-refractivity contribution in [1.29, 1.82) is 0 Å². The summed E-state index contributed by atoms with van der Waals surface area (Å²) in [6, 6.07) is 9.33. The van der Waals surface area contributed by atoms with E-state index >= 15 is 0 Å². The van der Waals surface area contributed by atoms with Gasteiger partial charge in [0.1, 0.15) is 23.0 Å². The predicted octanol–water partition coefficient (Wildman–Crippen LogP) is 2.26. The Morgan fingerprint density at radius 3 is 2.31 bits per heavy atom. The number of carbonyl (C=O) groups is 1. The number of rotatable bonds is 9. The van der Waals surface area contributed by atoms with Crippen molar-refractivity contribution in [2.75, 3.05) is 50.5 Å². The molecule has 1 aliphatic rings. The lowest BCUT2D eigenvalue weighted by Gasteiger charge is -2.27. The van der Waals surface area contributed by atoms with Gasteiger partial charge in [0.2, 0.25) is 15.9 Å². The predicted molar refractivity (Wildman–Crippen MR) is 131 cm³/mol. The summed E-state index contributed by atoms with van der Waals surface area (Å²) in [4.78, 5) is 12.7. The average molecular weight is 529 g/mol. The molecule has 3 rings (SSSR count). The highest BCUT2D eigenvalue weighted by atomic mass is 32.2. The Morgan fingerprint density at radius 1 is 1.06 bits per heavy atom. The number of benzene rings is 2. The van der Waals surface area contributed by atoms with E-state index in [1.165, 1.54) is 61.9 Å². The van der Waals surface area contributed by atoms with Gasteiger partial charge in [0.05, 0.1) is 12.8 Å². The number of halogens is 1. The molecule has 0 aromatic heterocycles. The summed E-state index contributed by atoms with van der Waals surface area (Å²) < 4.78 is 74.6. The molecule has 0 aliphatic carbocycles. The van der Waals surface area contributed by atoms with Crippen LogP contribution in [0.1, 0.15) is 19.3 Å². The minimum atomic E-state index is -4.22. The molecule has 0 radical (unpaired) electrons. The number of methoxy groups -OCH3 is 1. The number of nitrogens with one attached hydrogen (secondary N) is 1. The van der Waals surface area contributed by atoms with Crippen LogP contribution in [0.4, 0.5) is 15.8 Å². The van der Waals surface area contributed by atoms with Crippen LogP contribution in [-0.4, -0.2) is 72.2 Å². The number of hydrogen-bond acceptors (Lipinski definition) is 6. The van der Waals surface area contributed by atoms with E-state index < -0.39 is 38.5 Å². The van der Waals surface area contributed by atoms with E-state index in [2.05, 4.69) is 5.32 Å². The molecule has 1 amide bonds. The van der Waals surface area contributed by atoms with Crippen LogP contribution in [0.25, 0.3) is 0 Å². The Hall–Kier alpha value is -2.74. The first kappa shape index (κ1) is 26.9. The molecule has 0 unspecified atom stereocenters. The molecule has 1 N–H and O–H groups in total. The van der Waals surface area contributed by atoms with Crippen molar-refractivity contribution >= 4 is 37.5 Å².